The topological polar surface area (TPSA) is 80.9 Å². The van der Waals surface area contributed by atoms with E-state index < -0.39 is 0 Å². The highest BCUT2D eigenvalue weighted by atomic mass is 127. The van der Waals surface area contributed by atoms with Crippen LogP contribution in [0, 0.1) is 13.8 Å². The van der Waals surface area contributed by atoms with E-state index >= 15 is 0 Å². The Morgan fingerprint density at radius 1 is 1.15 bits per heavy atom. The largest absolute Gasteiger partial charge is 0.490 e. The van der Waals surface area contributed by atoms with Crippen LogP contribution in [0.4, 0.5) is 0 Å². The Morgan fingerprint density at radius 3 is 2.65 bits per heavy atom. The molecule has 0 unspecified atom stereocenters. The van der Waals surface area contributed by atoms with Crippen LogP contribution in [0.5, 0.6) is 11.5 Å². The molecule has 0 amide bonds. The van der Waals surface area contributed by atoms with E-state index in [4.69, 9.17) is 13.9 Å². The molecule has 1 aromatic heterocycles. The maximum Gasteiger partial charge on any atom is 0.214 e. The lowest BCUT2D eigenvalue weighted by Crippen LogP contribution is -2.36. The minimum absolute atomic E-state index is 0. The van der Waals surface area contributed by atoms with E-state index in [0.29, 0.717) is 38.2 Å². The van der Waals surface area contributed by atoms with Gasteiger partial charge in [0.15, 0.2) is 17.5 Å². The molecular weight excluding hydrogens is 447 g/mol. The third-order valence-electron chi connectivity index (χ3n) is 4.00. The fourth-order valence-electron chi connectivity index (χ4n) is 2.57. The summed E-state index contributed by atoms with van der Waals surface area (Å²) in [4.78, 5) is 8.59. The van der Waals surface area contributed by atoms with Crippen molar-refractivity contribution in [1.29, 1.82) is 0 Å². The van der Waals surface area contributed by atoms with Crippen molar-refractivity contribution < 1.29 is 13.9 Å². The van der Waals surface area contributed by atoms with Gasteiger partial charge < -0.3 is 24.5 Å². The van der Waals surface area contributed by atoms with Crippen LogP contribution in [0.15, 0.2) is 27.6 Å². The second-order valence-corrected chi connectivity index (χ2v) is 5.82. The number of fused-ring (bicyclic) bond motifs is 1. The Balaban J connectivity index is 0.00000243. The van der Waals surface area contributed by atoms with E-state index in [2.05, 4.69) is 20.6 Å². The standard InChI is InChI=1S/C18H24N4O3.HI/c1-12-13(2)25-16(22-12)11-21-18(19-3)20-10-14-6-4-7-15-17(14)24-9-5-8-23-15;/h4,6-7H,5,8-11H2,1-3H3,(H2,19,20,21);1H. The van der Waals surface area contributed by atoms with Gasteiger partial charge in [-0.2, -0.15) is 0 Å². The Morgan fingerprint density at radius 2 is 1.92 bits per heavy atom. The van der Waals surface area contributed by atoms with Gasteiger partial charge in [-0.15, -0.1) is 24.0 Å². The molecule has 0 spiro atoms. The molecule has 2 heterocycles. The molecule has 1 aromatic carbocycles. The normalized spacial score (nSPS) is 13.6. The predicted molar refractivity (Wildman–Crippen MR) is 110 cm³/mol. The lowest BCUT2D eigenvalue weighted by atomic mass is 10.2. The van der Waals surface area contributed by atoms with Crippen LogP contribution in [-0.2, 0) is 13.1 Å². The molecule has 0 radical (unpaired) electrons. The highest BCUT2D eigenvalue weighted by molar-refractivity contribution is 14.0. The van der Waals surface area contributed by atoms with Gasteiger partial charge in [-0.05, 0) is 19.9 Å². The van der Waals surface area contributed by atoms with Gasteiger partial charge in [-0.25, -0.2) is 4.98 Å². The molecule has 2 aromatic rings. The highest BCUT2D eigenvalue weighted by Crippen LogP contribution is 2.33. The van der Waals surface area contributed by atoms with E-state index in [1.54, 1.807) is 7.05 Å². The first kappa shape index (κ1) is 20.3. The van der Waals surface area contributed by atoms with Crippen LogP contribution in [0.1, 0.15) is 29.3 Å². The smallest absolute Gasteiger partial charge is 0.214 e. The molecule has 7 nitrogen and oxygen atoms in total. The van der Waals surface area contributed by atoms with Crippen molar-refractivity contribution in [3.05, 3.63) is 41.1 Å². The number of guanidine groups is 1. The molecular formula is C18H25IN4O3. The summed E-state index contributed by atoms with van der Waals surface area (Å²) in [6, 6.07) is 5.93. The Labute approximate surface area is 170 Å². The molecule has 0 saturated carbocycles. The molecule has 3 rings (SSSR count). The minimum atomic E-state index is 0. The van der Waals surface area contributed by atoms with Crippen molar-refractivity contribution in [1.82, 2.24) is 15.6 Å². The van der Waals surface area contributed by atoms with Gasteiger partial charge in [0.1, 0.15) is 5.76 Å². The summed E-state index contributed by atoms with van der Waals surface area (Å²) in [5.41, 5.74) is 1.94. The first-order valence-electron chi connectivity index (χ1n) is 8.42. The van der Waals surface area contributed by atoms with E-state index in [0.717, 1.165) is 34.9 Å². The van der Waals surface area contributed by atoms with E-state index in [1.165, 1.54) is 0 Å². The summed E-state index contributed by atoms with van der Waals surface area (Å²) in [6.45, 7) is 6.24. The zero-order valence-electron chi connectivity index (χ0n) is 15.3. The number of rotatable bonds is 4. The van der Waals surface area contributed by atoms with Crippen molar-refractivity contribution in [2.24, 2.45) is 4.99 Å². The maximum absolute atomic E-state index is 5.84. The average Bonchev–Trinajstić information content (AvgIpc) is 2.81. The lowest BCUT2D eigenvalue weighted by molar-refractivity contribution is 0.296. The molecule has 1 aliphatic rings. The second-order valence-electron chi connectivity index (χ2n) is 5.82. The zero-order chi connectivity index (χ0) is 17.6. The quantitative estimate of drug-likeness (QED) is 0.405. The second kappa shape index (κ2) is 9.65. The molecule has 142 valence electrons. The fourth-order valence-corrected chi connectivity index (χ4v) is 2.57. The van der Waals surface area contributed by atoms with E-state index in [9.17, 15) is 0 Å². The molecule has 8 heteroatoms. The van der Waals surface area contributed by atoms with Crippen molar-refractivity contribution in [2.45, 2.75) is 33.4 Å². The molecule has 0 aliphatic carbocycles. The third kappa shape index (κ3) is 5.03. The van der Waals surface area contributed by atoms with Crippen LogP contribution >= 0.6 is 24.0 Å². The van der Waals surface area contributed by atoms with Crippen LogP contribution in [0.3, 0.4) is 0 Å². The molecule has 26 heavy (non-hydrogen) atoms. The van der Waals surface area contributed by atoms with Crippen molar-refractivity contribution >= 4 is 29.9 Å². The van der Waals surface area contributed by atoms with Gasteiger partial charge in [0.2, 0.25) is 5.89 Å². The number of benzene rings is 1. The van der Waals surface area contributed by atoms with E-state index in [1.807, 2.05) is 32.0 Å². The SMILES string of the molecule is CN=C(NCc1nc(C)c(C)o1)NCc1cccc2c1OCCCO2.I. The molecule has 2 N–H and O–H groups in total. The van der Waals surface area contributed by atoms with Gasteiger partial charge in [0.25, 0.3) is 0 Å². The van der Waals surface area contributed by atoms with Crippen LogP contribution in [0.2, 0.25) is 0 Å². The maximum atomic E-state index is 5.84. The van der Waals surface area contributed by atoms with Gasteiger partial charge in [0, 0.05) is 25.6 Å². The first-order valence-corrected chi connectivity index (χ1v) is 8.42. The van der Waals surface area contributed by atoms with Crippen LogP contribution in [-0.4, -0.2) is 31.2 Å². The van der Waals surface area contributed by atoms with Gasteiger partial charge in [-0.1, -0.05) is 12.1 Å². The number of para-hydroxylation sites is 1. The number of hydrogen-bond acceptors (Lipinski definition) is 5. The number of halogens is 1. The van der Waals surface area contributed by atoms with Crippen molar-refractivity contribution in [3.63, 3.8) is 0 Å². The number of aryl methyl sites for hydroxylation is 2. The number of aromatic nitrogens is 1. The number of ether oxygens (including phenoxy) is 2. The van der Waals surface area contributed by atoms with Crippen molar-refractivity contribution in [2.75, 3.05) is 20.3 Å². The minimum Gasteiger partial charge on any atom is -0.490 e. The number of nitrogens with zero attached hydrogens (tertiary/aromatic N) is 2. The molecule has 0 saturated heterocycles. The van der Waals surface area contributed by atoms with E-state index in [-0.39, 0.29) is 24.0 Å². The van der Waals surface area contributed by atoms with Gasteiger partial charge in [-0.3, -0.25) is 4.99 Å². The fraction of sp³-hybridized carbons (Fsp3) is 0.444. The Kier molecular flexibility index (Phi) is 7.55. The van der Waals surface area contributed by atoms with Gasteiger partial charge in [0.05, 0.1) is 25.5 Å². The lowest BCUT2D eigenvalue weighted by Gasteiger charge is -2.15. The Bertz CT molecular complexity index is 741. The number of nitrogens with one attached hydrogen (secondary N) is 2. The van der Waals surface area contributed by atoms with Crippen LogP contribution in [0.25, 0.3) is 0 Å². The highest BCUT2D eigenvalue weighted by Gasteiger charge is 2.14. The Hall–Kier alpha value is -1.97. The van der Waals surface area contributed by atoms with Crippen molar-refractivity contribution in [3.8, 4) is 11.5 Å². The molecule has 0 atom stereocenters. The molecule has 0 fully saturated rings. The first-order chi connectivity index (χ1) is 12.2. The summed E-state index contributed by atoms with van der Waals surface area (Å²) >= 11 is 0. The van der Waals surface area contributed by atoms with Crippen LogP contribution < -0.4 is 20.1 Å². The summed E-state index contributed by atoms with van der Waals surface area (Å²) in [7, 11) is 1.73. The predicted octanol–water partition coefficient (Wildman–Crippen LogP) is 2.94. The third-order valence-corrected chi connectivity index (χ3v) is 4.00. The number of oxazole rings is 1. The summed E-state index contributed by atoms with van der Waals surface area (Å²) in [5, 5.41) is 6.48. The zero-order valence-corrected chi connectivity index (χ0v) is 17.6. The number of hydrogen-bond donors (Lipinski definition) is 2. The monoisotopic (exact) mass is 472 g/mol. The summed E-state index contributed by atoms with van der Waals surface area (Å²) in [6.07, 6.45) is 0.889. The average molecular weight is 472 g/mol. The van der Waals surface area contributed by atoms with Gasteiger partial charge >= 0.3 is 0 Å². The number of aliphatic imine (C=N–C) groups is 1. The molecule has 0 bridgehead atoms. The summed E-state index contributed by atoms with van der Waals surface area (Å²) < 4.78 is 17.1. The molecule has 1 aliphatic heterocycles. The summed E-state index contributed by atoms with van der Waals surface area (Å²) in [5.74, 6) is 3.75.